The molecule has 1 heterocycles. The molecule has 1 aromatic heterocycles. The number of hydrogen-bond acceptors (Lipinski definition) is 3. The standard InChI is InChI=1S/C20H22N2O2/c1-14(2)24-20(23)13-22-18-11-7-6-10-17(18)21-19(22)12-16-9-5-4-8-15(16)3/h4-11,14H,12-13H2,1-3H3. The number of fused-ring (bicyclic) bond motifs is 1. The van der Waals surface area contributed by atoms with Gasteiger partial charge in [0, 0.05) is 6.42 Å². The lowest BCUT2D eigenvalue weighted by Gasteiger charge is -2.12. The van der Waals surface area contributed by atoms with Gasteiger partial charge in [0.25, 0.3) is 0 Å². The summed E-state index contributed by atoms with van der Waals surface area (Å²) in [5.41, 5.74) is 4.30. The molecular weight excluding hydrogens is 300 g/mol. The first-order valence-corrected chi connectivity index (χ1v) is 8.22. The number of carbonyl (C=O) groups excluding carboxylic acids is 1. The average molecular weight is 322 g/mol. The molecule has 0 saturated carbocycles. The number of esters is 1. The van der Waals surface area contributed by atoms with Crippen LogP contribution in [0, 0.1) is 6.92 Å². The Morgan fingerprint density at radius 3 is 2.58 bits per heavy atom. The van der Waals surface area contributed by atoms with Crippen molar-refractivity contribution < 1.29 is 9.53 Å². The minimum Gasteiger partial charge on any atom is -0.462 e. The van der Waals surface area contributed by atoms with Crippen molar-refractivity contribution in [1.82, 2.24) is 9.55 Å². The van der Waals surface area contributed by atoms with Crippen LogP contribution in [0.15, 0.2) is 48.5 Å². The lowest BCUT2D eigenvalue weighted by molar-refractivity contribution is -0.148. The molecule has 0 radical (unpaired) electrons. The summed E-state index contributed by atoms with van der Waals surface area (Å²) in [4.78, 5) is 16.9. The lowest BCUT2D eigenvalue weighted by Crippen LogP contribution is -2.19. The van der Waals surface area contributed by atoms with Crippen LogP contribution in [0.2, 0.25) is 0 Å². The normalized spacial score (nSPS) is 11.2. The van der Waals surface area contributed by atoms with Gasteiger partial charge in [0.05, 0.1) is 17.1 Å². The summed E-state index contributed by atoms with van der Waals surface area (Å²) in [7, 11) is 0. The molecule has 0 atom stereocenters. The van der Waals surface area contributed by atoms with Gasteiger partial charge in [-0.15, -0.1) is 0 Å². The van der Waals surface area contributed by atoms with Crippen molar-refractivity contribution in [2.24, 2.45) is 0 Å². The molecule has 2 aromatic carbocycles. The van der Waals surface area contributed by atoms with Crippen LogP contribution >= 0.6 is 0 Å². The quantitative estimate of drug-likeness (QED) is 0.669. The molecule has 3 aromatic rings. The first kappa shape index (κ1) is 16.2. The van der Waals surface area contributed by atoms with Crippen LogP contribution in [-0.4, -0.2) is 21.6 Å². The zero-order valence-corrected chi connectivity index (χ0v) is 14.3. The molecule has 24 heavy (non-hydrogen) atoms. The number of carbonyl (C=O) groups is 1. The van der Waals surface area contributed by atoms with Gasteiger partial charge in [-0.05, 0) is 44.0 Å². The summed E-state index contributed by atoms with van der Waals surface area (Å²) in [6.07, 6.45) is 0.572. The third-order valence-corrected chi connectivity index (χ3v) is 4.00. The fraction of sp³-hybridized carbons (Fsp3) is 0.300. The summed E-state index contributed by atoms with van der Waals surface area (Å²) in [6.45, 7) is 5.99. The van der Waals surface area contributed by atoms with E-state index in [4.69, 9.17) is 9.72 Å². The van der Waals surface area contributed by atoms with Crippen molar-refractivity contribution in [3.05, 3.63) is 65.5 Å². The Morgan fingerprint density at radius 1 is 1.12 bits per heavy atom. The molecule has 4 nitrogen and oxygen atoms in total. The number of nitrogens with zero attached hydrogens (tertiary/aromatic N) is 2. The maximum atomic E-state index is 12.2. The van der Waals surface area contributed by atoms with Crippen molar-refractivity contribution in [2.75, 3.05) is 0 Å². The highest BCUT2D eigenvalue weighted by Crippen LogP contribution is 2.20. The van der Waals surface area contributed by atoms with Crippen LogP contribution in [0.5, 0.6) is 0 Å². The van der Waals surface area contributed by atoms with Crippen LogP contribution in [0.3, 0.4) is 0 Å². The number of hydrogen-bond donors (Lipinski definition) is 0. The molecule has 0 bridgehead atoms. The zero-order valence-electron chi connectivity index (χ0n) is 14.3. The van der Waals surface area contributed by atoms with E-state index in [1.54, 1.807) is 0 Å². The molecule has 0 aliphatic carbocycles. The highest BCUT2D eigenvalue weighted by atomic mass is 16.5. The number of para-hydroxylation sites is 2. The van der Waals surface area contributed by atoms with Gasteiger partial charge in [-0.2, -0.15) is 0 Å². The number of benzene rings is 2. The lowest BCUT2D eigenvalue weighted by atomic mass is 10.1. The molecule has 3 rings (SSSR count). The van der Waals surface area contributed by atoms with E-state index in [1.807, 2.05) is 54.8 Å². The van der Waals surface area contributed by atoms with Gasteiger partial charge in [0.1, 0.15) is 12.4 Å². The fourth-order valence-electron chi connectivity index (χ4n) is 2.84. The topological polar surface area (TPSA) is 44.1 Å². The SMILES string of the molecule is Cc1ccccc1Cc1nc2ccccc2n1CC(=O)OC(C)C. The molecule has 124 valence electrons. The Morgan fingerprint density at radius 2 is 1.83 bits per heavy atom. The Hall–Kier alpha value is -2.62. The summed E-state index contributed by atoms with van der Waals surface area (Å²) >= 11 is 0. The number of rotatable bonds is 5. The molecular formula is C20H22N2O2. The first-order chi connectivity index (χ1) is 11.5. The molecule has 0 amide bonds. The summed E-state index contributed by atoms with van der Waals surface area (Å²) in [6, 6.07) is 16.1. The average Bonchev–Trinajstić information content (AvgIpc) is 2.86. The van der Waals surface area contributed by atoms with Gasteiger partial charge in [0.2, 0.25) is 0 Å². The largest absolute Gasteiger partial charge is 0.462 e. The second kappa shape index (κ2) is 6.87. The van der Waals surface area contributed by atoms with Crippen LogP contribution < -0.4 is 0 Å². The molecule has 4 heteroatoms. The molecule has 0 spiro atoms. The predicted octanol–water partition coefficient (Wildman–Crippen LogP) is 3.89. The number of aromatic nitrogens is 2. The molecule has 0 unspecified atom stereocenters. The number of ether oxygens (including phenoxy) is 1. The van der Waals surface area contributed by atoms with Crippen molar-refractivity contribution >= 4 is 17.0 Å². The van der Waals surface area contributed by atoms with Gasteiger partial charge in [-0.1, -0.05) is 36.4 Å². The van der Waals surface area contributed by atoms with Gasteiger partial charge in [-0.3, -0.25) is 4.79 Å². The maximum Gasteiger partial charge on any atom is 0.326 e. The zero-order chi connectivity index (χ0) is 17.1. The van der Waals surface area contributed by atoms with Gasteiger partial charge >= 0.3 is 5.97 Å². The second-order valence-electron chi connectivity index (χ2n) is 6.24. The highest BCUT2D eigenvalue weighted by Gasteiger charge is 2.16. The molecule has 0 fully saturated rings. The van der Waals surface area contributed by atoms with E-state index in [-0.39, 0.29) is 18.6 Å². The van der Waals surface area contributed by atoms with Crippen LogP contribution in [0.4, 0.5) is 0 Å². The van der Waals surface area contributed by atoms with Crippen molar-refractivity contribution in [3.63, 3.8) is 0 Å². The molecule has 0 aliphatic heterocycles. The maximum absolute atomic E-state index is 12.2. The third-order valence-electron chi connectivity index (χ3n) is 4.00. The summed E-state index contributed by atoms with van der Waals surface area (Å²) < 4.78 is 7.28. The van der Waals surface area contributed by atoms with Crippen molar-refractivity contribution in [3.8, 4) is 0 Å². The summed E-state index contributed by atoms with van der Waals surface area (Å²) in [5.74, 6) is 0.644. The van der Waals surface area contributed by atoms with Gasteiger partial charge < -0.3 is 9.30 Å². The monoisotopic (exact) mass is 322 g/mol. The van der Waals surface area contributed by atoms with Crippen LogP contribution in [0.1, 0.15) is 30.8 Å². The minimum atomic E-state index is -0.237. The van der Waals surface area contributed by atoms with Crippen molar-refractivity contribution in [1.29, 1.82) is 0 Å². The van der Waals surface area contributed by atoms with E-state index >= 15 is 0 Å². The van der Waals surface area contributed by atoms with E-state index in [0.29, 0.717) is 6.42 Å². The predicted molar refractivity (Wildman–Crippen MR) is 94.9 cm³/mol. The second-order valence-corrected chi connectivity index (χ2v) is 6.24. The van der Waals surface area contributed by atoms with E-state index < -0.39 is 0 Å². The third kappa shape index (κ3) is 3.48. The summed E-state index contributed by atoms with van der Waals surface area (Å²) in [5, 5.41) is 0. The highest BCUT2D eigenvalue weighted by molar-refractivity contribution is 5.79. The van der Waals surface area contributed by atoms with Crippen LogP contribution in [-0.2, 0) is 22.5 Å². The molecule has 0 saturated heterocycles. The van der Waals surface area contributed by atoms with E-state index in [0.717, 1.165) is 16.9 Å². The first-order valence-electron chi connectivity index (χ1n) is 8.22. The van der Waals surface area contributed by atoms with Crippen molar-refractivity contribution in [2.45, 2.75) is 39.8 Å². The number of imidazole rings is 1. The molecule has 0 N–H and O–H groups in total. The van der Waals surface area contributed by atoms with Gasteiger partial charge in [0.15, 0.2) is 0 Å². The minimum absolute atomic E-state index is 0.118. The fourth-order valence-corrected chi connectivity index (χ4v) is 2.84. The Bertz CT molecular complexity index is 865. The smallest absolute Gasteiger partial charge is 0.326 e. The Balaban J connectivity index is 1.99. The Labute approximate surface area is 142 Å². The molecule has 0 aliphatic rings. The van der Waals surface area contributed by atoms with E-state index in [1.165, 1.54) is 11.1 Å². The number of aryl methyl sites for hydroxylation is 1. The van der Waals surface area contributed by atoms with Gasteiger partial charge in [-0.25, -0.2) is 4.98 Å². The van der Waals surface area contributed by atoms with E-state index in [2.05, 4.69) is 19.1 Å². The Kier molecular flexibility index (Phi) is 4.65. The van der Waals surface area contributed by atoms with E-state index in [9.17, 15) is 4.79 Å². The van der Waals surface area contributed by atoms with Crippen LogP contribution in [0.25, 0.3) is 11.0 Å².